The summed E-state index contributed by atoms with van der Waals surface area (Å²) in [5.41, 5.74) is 2.58. The number of hydrogen-bond donors (Lipinski definition) is 1. The molecule has 23 heavy (non-hydrogen) atoms. The van der Waals surface area contributed by atoms with Gasteiger partial charge in [0, 0.05) is 16.6 Å². The van der Waals surface area contributed by atoms with E-state index in [1.165, 1.54) is 12.1 Å². The van der Waals surface area contributed by atoms with E-state index in [-0.39, 0.29) is 12.4 Å². The van der Waals surface area contributed by atoms with Gasteiger partial charge in [-0.05, 0) is 41.8 Å². The fourth-order valence-corrected chi connectivity index (χ4v) is 2.99. The number of aromatic amines is 1. The second kappa shape index (κ2) is 5.81. The van der Waals surface area contributed by atoms with Gasteiger partial charge in [-0.3, -0.25) is 0 Å². The molecule has 4 rings (SSSR count). The molecular formula is C17H12FN3OS. The molecule has 0 spiro atoms. The molecule has 6 heteroatoms. The molecular weight excluding hydrogens is 313 g/mol. The fourth-order valence-electron chi connectivity index (χ4n) is 2.28. The lowest BCUT2D eigenvalue weighted by atomic mass is 10.2. The highest BCUT2D eigenvalue weighted by atomic mass is 32.1. The number of hydrogen-bond acceptors (Lipinski definition) is 4. The smallest absolute Gasteiger partial charge is 0.177 e. The van der Waals surface area contributed by atoms with E-state index >= 15 is 0 Å². The lowest BCUT2D eigenvalue weighted by Gasteiger charge is -2.03. The van der Waals surface area contributed by atoms with Crippen LogP contribution in [0.1, 0.15) is 5.82 Å². The van der Waals surface area contributed by atoms with Crippen LogP contribution in [-0.2, 0) is 6.61 Å². The molecule has 1 aromatic carbocycles. The molecule has 0 aliphatic carbocycles. The molecule has 0 radical (unpaired) electrons. The van der Waals surface area contributed by atoms with Crippen molar-refractivity contribution in [3.8, 4) is 16.2 Å². The summed E-state index contributed by atoms with van der Waals surface area (Å²) in [4.78, 5) is 13.2. The molecule has 3 heterocycles. The molecule has 0 unspecified atom stereocenters. The Balaban J connectivity index is 1.55. The van der Waals surface area contributed by atoms with E-state index in [0.29, 0.717) is 17.2 Å². The van der Waals surface area contributed by atoms with Gasteiger partial charge in [0.15, 0.2) is 5.65 Å². The number of thiophene rings is 1. The fraction of sp³-hybridized carbons (Fsp3) is 0.0588. The Morgan fingerprint density at radius 1 is 1.17 bits per heavy atom. The molecule has 0 aliphatic rings. The Morgan fingerprint density at radius 3 is 2.83 bits per heavy atom. The summed E-state index contributed by atoms with van der Waals surface area (Å²) in [5.74, 6) is 0.991. The van der Waals surface area contributed by atoms with Crippen molar-refractivity contribution in [3.05, 3.63) is 65.7 Å². The zero-order valence-corrected chi connectivity index (χ0v) is 12.8. The van der Waals surface area contributed by atoms with Gasteiger partial charge in [0.1, 0.15) is 24.0 Å². The van der Waals surface area contributed by atoms with Gasteiger partial charge >= 0.3 is 0 Å². The second-order valence-electron chi connectivity index (χ2n) is 5.00. The molecule has 0 atom stereocenters. The van der Waals surface area contributed by atoms with E-state index in [9.17, 15) is 4.39 Å². The molecule has 3 aromatic heterocycles. The van der Waals surface area contributed by atoms with E-state index < -0.39 is 0 Å². The van der Waals surface area contributed by atoms with Gasteiger partial charge in [0.25, 0.3) is 0 Å². The number of nitrogens with one attached hydrogen (secondary N) is 1. The highest BCUT2D eigenvalue weighted by Crippen LogP contribution is 2.26. The maximum absolute atomic E-state index is 12.9. The quantitative estimate of drug-likeness (QED) is 0.605. The van der Waals surface area contributed by atoms with E-state index in [1.54, 1.807) is 23.5 Å². The van der Waals surface area contributed by atoms with Crippen LogP contribution in [0.5, 0.6) is 5.75 Å². The van der Waals surface area contributed by atoms with Gasteiger partial charge < -0.3 is 9.72 Å². The number of halogens is 1. The average Bonchev–Trinajstić information content (AvgIpc) is 3.23. The summed E-state index contributed by atoms with van der Waals surface area (Å²) in [7, 11) is 0. The summed E-state index contributed by atoms with van der Waals surface area (Å²) >= 11 is 1.67. The lowest BCUT2D eigenvalue weighted by Crippen LogP contribution is -1.97. The number of rotatable bonds is 4. The maximum Gasteiger partial charge on any atom is 0.177 e. The molecule has 0 aliphatic heterocycles. The van der Waals surface area contributed by atoms with Gasteiger partial charge in [-0.1, -0.05) is 6.07 Å². The van der Waals surface area contributed by atoms with Crippen molar-refractivity contribution >= 4 is 22.5 Å². The Labute approximate surface area is 135 Å². The van der Waals surface area contributed by atoms with E-state index in [2.05, 4.69) is 21.0 Å². The van der Waals surface area contributed by atoms with Crippen LogP contribution < -0.4 is 4.74 Å². The van der Waals surface area contributed by atoms with Crippen molar-refractivity contribution in [2.45, 2.75) is 6.61 Å². The predicted molar refractivity (Wildman–Crippen MR) is 87.9 cm³/mol. The zero-order chi connectivity index (χ0) is 15.6. The second-order valence-corrected chi connectivity index (χ2v) is 5.95. The Kier molecular flexibility index (Phi) is 3.51. The summed E-state index contributed by atoms with van der Waals surface area (Å²) in [6, 6.07) is 12.0. The summed E-state index contributed by atoms with van der Waals surface area (Å²) in [6.07, 6.45) is 1.82. The first kappa shape index (κ1) is 13.9. The van der Waals surface area contributed by atoms with Crippen molar-refractivity contribution in [3.63, 3.8) is 0 Å². The van der Waals surface area contributed by atoms with Crippen molar-refractivity contribution in [1.82, 2.24) is 15.0 Å². The highest BCUT2D eigenvalue weighted by molar-refractivity contribution is 7.13. The third-order valence-electron chi connectivity index (χ3n) is 3.38. The number of fused-ring (bicyclic) bond motifs is 1. The van der Waals surface area contributed by atoms with Crippen LogP contribution in [-0.4, -0.2) is 15.0 Å². The molecule has 0 saturated carbocycles. The third kappa shape index (κ3) is 2.93. The monoisotopic (exact) mass is 325 g/mol. The normalized spacial score (nSPS) is 11.0. The van der Waals surface area contributed by atoms with E-state index in [0.717, 1.165) is 16.0 Å². The largest absolute Gasteiger partial charge is 0.486 e. The van der Waals surface area contributed by atoms with Crippen LogP contribution in [0, 0.1) is 5.82 Å². The first-order valence-electron chi connectivity index (χ1n) is 7.05. The standard InChI is InChI=1S/C17H12FN3OS/c18-12-3-5-13(6-4-12)22-10-16-20-14-8-11(9-19-17(14)21-16)15-2-1-7-23-15/h1-9H,10H2,(H,19,20,21). The van der Waals surface area contributed by atoms with Crippen LogP contribution in [0.3, 0.4) is 0 Å². The van der Waals surface area contributed by atoms with Crippen molar-refractivity contribution in [2.24, 2.45) is 0 Å². The van der Waals surface area contributed by atoms with Crippen LogP contribution >= 0.6 is 11.3 Å². The highest BCUT2D eigenvalue weighted by Gasteiger charge is 2.07. The topological polar surface area (TPSA) is 50.8 Å². The molecule has 1 N–H and O–H groups in total. The summed E-state index contributed by atoms with van der Waals surface area (Å²) in [6.45, 7) is 0.274. The number of H-pyrrole nitrogens is 1. The number of ether oxygens (including phenoxy) is 1. The van der Waals surface area contributed by atoms with Crippen LogP contribution in [0.4, 0.5) is 4.39 Å². The van der Waals surface area contributed by atoms with Gasteiger partial charge in [-0.25, -0.2) is 14.4 Å². The minimum Gasteiger partial charge on any atom is -0.486 e. The van der Waals surface area contributed by atoms with Crippen molar-refractivity contribution < 1.29 is 9.13 Å². The zero-order valence-electron chi connectivity index (χ0n) is 12.0. The molecule has 4 aromatic rings. The Hall–Kier alpha value is -2.73. The minimum atomic E-state index is -0.286. The van der Waals surface area contributed by atoms with E-state index in [4.69, 9.17) is 4.74 Å². The summed E-state index contributed by atoms with van der Waals surface area (Å²) < 4.78 is 18.5. The average molecular weight is 325 g/mol. The SMILES string of the molecule is Fc1ccc(OCc2nc3ncc(-c4cccs4)cc3[nH]2)cc1. The molecule has 0 bridgehead atoms. The predicted octanol–water partition coefficient (Wildman–Crippen LogP) is 4.40. The van der Waals surface area contributed by atoms with Crippen molar-refractivity contribution in [2.75, 3.05) is 0 Å². The Morgan fingerprint density at radius 2 is 2.04 bits per heavy atom. The number of imidazole rings is 1. The lowest BCUT2D eigenvalue weighted by molar-refractivity contribution is 0.297. The van der Waals surface area contributed by atoms with Gasteiger partial charge in [-0.2, -0.15) is 0 Å². The number of benzene rings is 1. The van der Waals surface area contributed by atoms with Crippen LogP contribution in [0.15, 0.2) is 54.0 Å². The number of pyridine rings is 1. The van der Waals surface area contributed by atoms with Gasteiger partial charge in [0.05, 0.1) is 5.52 Å². The van der Waals surface area contributed by atoms with Crippen molar-refractivity contribution in [1.29, 1.82) is 0 Å². The van der Waals surface area contributed by atoms with Crippen LogP contribution in [0.2, 0.25) is 0 Å². The summed E-state index contributed by atoms with van der Waals surface area (Å²) in [5, 5.41) is 2.04. The molecule has 0 saturated heterocycles. The maximum atomic E-state index is 12.9. The number of nitrogens with zero attached hydrogens (tertiary/aromatic N) is 2. The third-order valence-corrected chi connectivity index (χ3v) is 4.30. The first-order valence-corrected chi connectivity index (χ1v) is 7.93. The molecule has 114 valence electrons. The van der Waals surface area contributed by atoms with Gasteiger partial charge in [-0.15, -0.1) is 11.3 Å². The molecule has 4 nitrogen and oxygen atoms in total. The van der Waals surface area contributed by atoms with Crippen LogP contribution in [0.25, 0.3) is 21.6 Å². The molecule has 0 amide bonds. The first-order chi connectivity index (χ1) is 11.3. The van der Waals surface area contributed by atoms with Gasteiger partial charge in [0.2, 0.25) is 0 Å². The van der Waals surface area contributed by atoms with E-state index in [1.807, 2.05) is 23.7 Å². The molecule has 0 fully saturated rings. The minimum absolute atomic E-state index is 0.274. The number of aromatic nitrogens is 3. The Bertz CT molecular complexity index is 932.